The summed E-state index contributed by atoms with van der Waals surface area (Å²) in [5.74, 6) is 0.0550. The minimum Gasteiger partial charge on any atom is -0.370 e. The maximum atomic E-state index is 11.9. The second kappa shape index (κ2) is 7.04. The molecule has 1 amide bonds. The van der Waals surface area contributed by atoms with Crippen LogP contribution in [0.4, 0.5) is 0 Å². The zero-order valence-electron chi connectivity index (χ0n) is 9.44. The van der Waals surface area contributed by atoms with Crippen LogP contribution in [0, 0.1) is 0 Å². The van der Waals surface area contributed by atoms with Crippen LogP contribution in [-0.2, 0) is 9.53 Å². The number of carbonyl (C=O) groups is 1. The van der Waals surface area contributed by atoms with Crippen LogP contribution in [0.1, 0.15) is 26.2 Å². The van der Waals surface area contributed by atoms with Crippen LogP contribution in [0.15, 0.2) is 0 Å². The maximum Gasteiger partial charge on any atom is 0.253 e. The van der Waals surface area contributed by atoms with Gasteiger partial charge in [0, 0.05) is 26.2 Å². The number of ether oxygens (including phenoxy) is 1. The Morgan fingerprint density at radius 3 is 2.53 bits per heavy atom. The van der Waals surface area contributed by atoms with Gasteiger partial charge in [0.25, 0.3) is 5.91 Å². The van der Waals surface area contributed by atoms with E-state index in [0.29, 0.717) is 6.04 Å². The molecule has 1 unspecified atom stereocenters. The molecule has 2 N–H and O–H groups in total. The second-order valence-corrected chi connectivity index (χ2v) is 3.72. The first-order valence-corrected chi connectivity index (χ1v) is 5.27. The Labute approximate surface area is 97.5 Å². The second-order valence-electron chi connectivity index (χ2n) is 3.72. The number of nitrogens with zero attached hydrogens (tertiary/aromatic N) is 1. The van der Waals surface area contributed by atoms with Crippen molar-refractivity contribution in [2.75, 3.05) is 20.2 Å². The fraction of sp³-hybridized carbons (Fsp3) is 0.900. The lowest BCUT2D eigenvalue weighted by Gasteiger charge is -2.25. The van der Waals surface area contributed by atoms with Gasteiger partial charge in [-0.3, -0.25) is 4.79 Å². The van der Waals surface area contributed by atoms with Gasteiger partial charge in [0.1, 0.15) is 6.10 Å². The molecule has 1 fully saturated rings. The number of nitrogens with two attached hydrogens (primary N) is 1. The lowest BCUT2D eigenvalue weighted by Crippen LogP contribution is -2.45. The van der Waals surface area contributed by atoms with Gasteiger partial charge in [-0.15, -0.1) is 12.4 Å². The van der Waals surface area contributed by atoms with E-state index >= 15 is 0 Å². The highest BCUT2D eigenvalue weighted by Crippen LogP contribution is 2.27. The average Bonchev–Trinajstić information content (AvgIpc) is 2.99. The molecule has 0 aromatic carbocycles. The molecule has 0 aromatic rings. The molecule has 1 saturated carbocycles. The Balaban J connectivity index is 0.00000196. The summed E-state index contributed by atoms with van der Waals surface area (Å²) in [5, 5.41) is 0. The van der Waals surface area contributed by atoms with Crippen molar-refractivity contribution in [3.63, 3.8) is 0 Å². The normalized spacial score (nSPS) is 16.7. The van der Waals surface area contributed by atoms with Crippen molar-refractivity contribution in [2.24, 2.45) is 5.73 Å². The molecular formula is C10H21ClN2O2. The van der Waals surface area contributed by atoms with Gasteiger partial charge in [0.2, 0.25) is 0 Å². The largest absolute Gasteiger partial charge is 0.370 e. The van der Waals surface area contributed by atoms with Gasteiger partial charge in [-0.1, -0.05) is 6.92 Å². The monoisotopic (exact) mass is 236 g/mol. The maximum absolute atomic E-state index is 11.9. The topological polar surface area (TPSA) is 55.6 Å². The first kappa shape index (κ1) is 14.7. The highest BCUT2D eigenvalue weighted by molar-refractivity contribution is 5.85. The molecule has 5 heteroatoms. The Hall–Kier alpha value is -0.320. The van der Waals surface area contributed by atoms with E-state index in [1.54, 1.807) is 0 Å². The highest BCUT2D eigenvalue weighted by Gasteiger charge is 2.34. The Bertz CT molecular complexity index is 194. The molecule has 15 heavy (non-hydrogen) atoms. The summed E-state index contributed by atoms with van der Waals surface area (Å²) in [4.78, 5) is 13.8. The van der Waals surface area contributed by atoms with E-state index in [1.807, 2.05) is 4.90 Å². The van der Waals surface area contributed by atoms with Gasteiger partial charge < -0.3 is 15.4 Å². The number of halogens is 1. The van der Waals surface area contributed by atoms with E-state index in [2.05, 4.69) is 6.92 Å². The third-order valence-electron chi connectivity index (χ3n) is 2.51. The molecule has 1 atom stereocenters. The Morgan fingerprint density at radius 1 is 1.60 bits per heavy atom. The molecule has 0 saturated heterocycles. The molecular weight excluding hydrogens is 216 g/mol. The third kappa shape index (κ3) is 3.97. The van der Waals surface area contributed by atoms with Crippen LogP contribution < -0.4 is 5.73 Å². The highest BCUT2D eigenvalue weighted by atomic mass is 35.5. The van der Waals surface area contributed by atoms with Gasteiger partial charge in [0.15, 0.2) is 0 Å². The van der Waals surface area contributed by atoms with Gasteiger partial charge in [-0.2, -0.15) is 0 Å². The number of rotatable bonds is 6. The minimum absolute atomic E-state index is 0. The zero-order valence-corrected chi connectivity index (χ0v) is 10.3. The standard InChI is InChI=1S/C10H20N2O2.ClH/c1-3-6-12(8-4-5-8)10(13)9(7-11)14-2;/h8-9H,3-7,11H2,1-2H3;1H. The lowest BCUT2D eigenvalue weighted by molar-refractivity contribution is -0.142. The summed E-state index contributed by atoms with van der Waals surface area (Å²) >= 11 is 0. The van der Waals surface area contributed by atoms with Crippen LogP contribution in [-0.4, -0.2) is 43.2 Å². The molecule has 0 aliphatic heterocycles. The number of carbonyl (C=O) groups excluding carboxylic acids is 1. The van der Waals surface area contributed by atoms with Gasteiger partial charge >= 0.3 is 0 Å². The van der Waals surface area contributed by atoms with Crippen molar-refractivity contribution in [1.82, 2.24) is 4.90 Å². The molecule has 0 bridgehead atoms. The van der Waals surface area contributed by atoms with Gasteiger partial charge in [-0.05, 0) is 19.3 Å². The summed E-state index contributed by atoms with van der Waals surface area (Å²) < 4.78 is 5.05. The molecule has 1 aliphatic rings. The Kier molecular flexibility index (Phi) is 6.89. The summed E-state index contributed by atoms with van der Waals surface area (Å²) in [5.41, 5.74) is 5.47. The third-order valence-corrected chi connectivity index (χ3v) is 2.51. The van der Waals surface area contributed by atoms with Crippen LogP contribution in [0.5, 0.6) is 0 Å². The summed E-state index contributed by atoms with van der Waals surface area (Å²) in [7, 11) is 1.53. The van der Waals surface area contributed by atoms with E-state index in [0.717, 1.165) is 25.8 Å². The summed E-state index contributed by atoms with van der Waals surface area (Å²) in [6.07, 6.45) is 2.80. The van der Waals surface area contributed by atoms with E-state index in [-0.39, 0.29) is 24.9 Å². The Morgan fingerprint density at radius 2 is 2.20 bits per heavy atom. The van der Waals surface area contributed by atoms with Crippen LogP contribution in [0.3, 0.4) is 0 Å². The van der Waals surface area contributed by atoms with E-state index in [1.165, 1.54) is 7.11 Å². The van der Waals surface area contributed by atoms with Crippen molar-refractivity contribution >= 4 is 18.3 Å². The van der Waals surface area contributed by atoms with Crippen molar-refractivity contribution < 1.29 is 9.53 Å². The first-order chi connectivity index (χ1) is 6.74. The predicted octanol–water partition coefficient (Wildman–Crippen LogP) is 0.783. The molecule has 90 valence electrons. The summed E-state index contributed by atoms with van der Waals surface area (Å²) in [6, 6.07) is 0.451. The molecule has 0 spiro atoms. The smallest absolute Gasteiger partial charge is 0.253 e. The molecule has 0 heterocycles. The minimum atomic E-state index is -0.456. The van der Waals surface area contributed by atoms with Crippen molar-refractivity contribution in [3.8, 4) is 0 Å². The zero-order chi connectivity index (χ0) is 10.6. The number of hydrogen-bond donors (Lipinski definition) is 1. The SMILES string of the molecule is CCCN(C(=O)C(CN)OC)C1CC1.Cl. The van der Waals surface area contributed by atoms with Gasteiger partial charge in [0.05, 0.1) is 0 Å². The van der Waals surface area contributed by atoms with Crippen molar-refractivity contribution in [1.29, 1.82) is 0 Å². The number of methoxy groups -OCH3 is 1. The molecule has 0 aromatic heterocycles. The first-order valence-electron chi connectivity index (χ1n) is 5.27. The van der Waals surface area contributed by atoms with Gasteiger partial charge in [-0.25, -0.2) is 0 Å². The van der Waals surface area contributed by atoms with Crippen LogP contribution in [0.2, 0.25) is 0 Å². The lowest BCUT2D eigenvalue weighted by atomic mass is 10.2. The molecule has 4 nitrogen and oxygen atoms in total. The van der Waals surface area contributed by atoms with Crippen molar-refractivity contribution in [2.45, 2.75) is 38.3 Å². The number of hydrogen-bond acceptors (Lipinski definition) is 3. The average molecular weight is 237 g/mol. The van der Waals surface area contributed by atoms with Crippen molar-refractivity contribution in [3.05, 3.63) is 0 Å². The molecule has 1 rings (SSSR count). The van der Waals surface area contributed by atoms with Crippen LogP contribution in [0.25, 0.3) is 0 Å². The predicted molar refractivity (Wildman–Crippen MR) is 62.1 cm³/mol. The fourth-order valence-electron chi connectivity index (χ4n) is 1.58. The van der Waals surface area contributed by atoms with E-state index in [4.69, 9.17) is 10.5 Å². The summed E-state index contributed by atoms with van der Waals surface area (Å²) in [6.45, 7) is 3.17. The van der Waals surface area contributed by atoms with Crippen LogP contribution >= 0.6 is 12.4 Å². The van der Waals surface area contributed by atoms with E-state index < -0.39 is 6.10 Å². The molecule has 1 aliphatic carbocycles. The quantitative estimate of drug-likeness (QED) is 0.742. The fourth-order valence-corrected chi connectivity index (χ4v) is 1.58. The van der Waals surface area contributed by atoms with E-state index in [9.17, 15) is 4.79 Å². The number of amides is 1. The molecule has 0 radical (unpaired) electrons.